The number of nitrogens with one attached hydrogen (secondary N) is 1. The standard InChI is InChI=1S/C33H36N10O2S/c1-21-4-7-26(38-29(21)28(34)24-6-5-22(2)35-16-24)43-15-11-33(32(43)45)10-14-41(19-33)18-27(44)42-12-8-23(9-13-42)31-36-17-25(46-31)30-37-20-40(3)39-30/h4-8,16-17,20,34H,9-15,18-19H2,1-3H3/t33-/m0/s1. The lowest BCUT2D eigenvalue weighted by Gasteiger charge is -2.28. The average Bonchev–Trinajstić information content (AvgIpc) is 3.87. The number of thiazole rings is 1. The van der Waals surface area contributed by atoms with Crippen LogP contribution in [0, 0.1) is 24.7 Å². The van der Waals surface area contributed by atoms with E-state index in [-0.39, 0.29) is 17.5 Å². The van der Waals surface area contributed by atoms with E-state index in [2.05, 4.69) is 31.0 Å². The Bertz CT molecular complexity index is 1860. The minimum Gasteiger partial charge on any atom is -0.338 e. The number of amides is 2. The van der Waals surface area contributed by atoms with Crippen LogP contribution in [0.5, 0.6) is 0 Å². The number of anilines is 1. The molecular weight excluding hydrogens is 600 g/mol. The third-order valence-corrected chi connectivity index (χ3v) is 10.3. The predicted molar refractivity (Wildman–Crippen MR) is 176 cm³/mol. The zero-order valence-electron chi connectivity index (χ0n) is 26.2. The predicted octanol–water partition coefficient (Wildman–Crippen LogP) is 3.51. The number of aryl methyl sites for hydroxylation is 3. The second kappa shape index (κ2) is 12.0. The van der Waals surface area contributed by atoms with Crippen molar-refractivity contribution in [3.8, 4) is 10.7 Å². The second-order valence-corrected chi connectivity index (χ2v) is 13.5. The van der Waals surface area contributed by atoms with Gasteiger partial charge in [-0.05, 0) is 69.0 Å². The maximum Gasteiger partial charge on any atom is 0.237 e. The Kier molecular flexibility index (Phi) is 7.81. The van der Waals surface area contributed by atoms with Gasteiger partial charge in [-0.25, -0.2) is 15.0 Å². The first-order valence-electron chi connectivity index (χ1n) is 15.5. The maximum atomic E-state index is 13.9. The van der Waals surface area contributed by atoms with Gasteiger partial charge in [0.15, 0.2) is 5.82 Å². The number of carbonyl (C=O) groups excluding carboxylic acids is 2. The molecule has 0 saturated carbocycles. The van der Waals surface area contributed by atoms with Gasteiger partial charge in [0.2, 0.25) is 11.8 Å². The van der Waals surface area contributed by atoms with Crippen LogP contribution in [0.2, 0.25) is 0 Å². The minimum absolute atomic E-state index is 0.0579. The van der Waals surface area contributed by atoms with Gasteiger partial charge in [-0.2, -0.15) is 5.10 Å². The van der Waals surface area contributed by atoms with E-state index in [9.17, 15) is 9.59 Å². The molecule has 1 N–H and O–H groups in total. The summed E-state index contributed by atoms with van der Waals surface area (Å²) >= 11 is 1.57. The van der Waals surface area contributed by atoms with Crippen molar-refractivity contribution in [2.45, 2.75) is 33.1 Å². The summed E-state index contributed by atoms with van der Waals surface area (Å²) in [6.07, 6.45) is 9.46. The molecule has 0 unspecified atom stereocenters. The van der Waals surface area contributed by atoms with Crippen LogP contribution in [0.4, 0.5) is 5.82 Å². The molecule has 1 spiro atoms. The van der Waals surface area contributed by atoms with Gasteiger partial charge in [0.1, 0.15) is 17.2 Å². The summed E-state index contributed by atoms with van der Waals surface area (Å²) in [5.74, 6) is 1.38. The average molecular weight is 637 g/mol. The monoisotopic (exact) mass is 636 g/mol. The van der Waals surface area contributed by atoms with E-state index in [1.807, 2.05) is 56.3 Å². The molecule has 2 saturated heterocycles. The molecule has 0 radical (unpaired) electrons. The quantitative estimate of drug-likeness (QED) is 0.305. The summed E-state index contributed by atoms with van der Waals surface area (Å²) in [6, 6.07) is 7.55. The number of rotatable bonds is 7. The molecule has 0 bridgehead atoms. The van der Waals surface area contributed by atoms with Crippen molar-refractivity contribution < 1.29 is 9.59 Å². The molecule has 0 aliphatic carbocycles. The summed E-state index contributed by atoms with van der Waals surface area (Å²) in [5, 5.41) is 14.1. The van der Waals surface area contributed by atoms with Crippen LogP contribution in [0.3, 0.4) is 0 Å². The number of likely N-dealkylation sites (tertiary alicyclic amines) is 1. The van der Waals surface area contributed by atoms with Crippen molar-refractivity contribution in [2.24, 2.45) is 12.5 Å². The summed E-state index contributed by atoms with van der Waals surface area (Å²) in [6.45, 7) is 7.18. The van der Waals surface area contributed by atoms with E-state index >= 15 is 0 Å². The van der Waals surface area contributed by atoms with Gasteiger partial charge in [-0.15, -0.1) is 11.3 Å². The highest BCUT2D eigenvalue weighted by molar-refractivity contribution is 7.16. The van der Waals surface area contributed by atoms with Crippen LogP contribution in [0.25, 0.3) is 16.3 Å². The van der Waals surface area contributed by atoms with Crippen LogP contribution in [0.1, 0.15) is 46.8 Å². The van der Waals surface area contributed by atoms with Crippen LogP contribution < -0.4 is 4.90 Å². The van der Waals surface area contributed by atoms with E-state index in [0.717, 1.165) is 46.0 Å². The van der Waals surface area contributed by atoms with Crippen molar-refractivity contribution in [1.29, 1.82) is 5.41 Å². The van der Waals surface area contributed by atoms with Gasteiger partial charge >= 0.3 is 0 Å². The molecule has 13 heteroatoms. The molecule has 4 aromatic heterocycles. The van der Waals surface area contributed by atoms with Crippen molar-refractivity contribution >= 4 is 40.3 Å². The molecule has 46 heavy (non-hydrogen) atoms. The Morgan fingerprint density at radius 3 is 2.63 bits per heavy atom. The highest BCUT2D eigenvalue weighted by Gasteiger charge is 2.51. The van der Waals surface area contributed by atoms with Gasteiger partial charge in [0.25, 0.3) is 0 Å². The molecule has 3 aliphatic rings. The fourth-order valence-electron chi connectivity index (χ4n) is 6.54. The molecule has 236 valence electrons. The first-order chi connectivity index (χ1) is 22.2. The number of hydrogen-bond donors (Lipinski definition) is 1. The Morgan fingerprint density at radius 1 is 1.04 bits per heavy atom. The van der Waals surface area contributed by atoms with E-state index in [1.165, 1.54) is 0 Å². The zero-order valence-corrected chi connectivity index (χ0v) is 27.0. The molecule has 1 atom stereocenters. The summed E-state index contributed by atoms with van der Waals surface area (Å²) in [4.78, 5) is 51.9. The third kappa shape index (κ3) is 5.64. The minimum atomic E-state index is -0.513. The molecule has 0 aromatic carbocycles. The Hall–Kier alpha value is -4.62. The third-order valence-electron chi connectivity index (χ3n) is 9.26. The lowest BCUT2D eigenvalue weighted by atomic mass is 9.85. The highest BCUT2D eigenvalue weighted by Crippen LogP contribution is 2.42. The summed E-state index contributed by atoms with van der Waals surface area (Å²) in [5.41, 5.74) is 3.92. The lowest BCUT2D eigenvalue weighted by Crippen LogP contribution is -2.43. The second-order valence-electron chi connectivity index (χ2n) is 12.4. The molecule has 7 heterocycles. The normalized spacial score (nSPS) is 20.2. The van der Waals surface area contributed by atoms with Gasteiger partial charge in [-0.3, -0.25) is 34.5 Å². The fraction of sp³-hybridized carbons (Fsp3) is 0.394. The topological polar surface area (TPSA) is 137 Å². The lowest BCUT2D eigenvalue weighted by molar-refractivity contribution is -0.132. The van der Waals surface area contributed by atoms with Crippen LogP contribution in [-0.4, -0.2) is 96.3 Å². The van der Waals surface area contributed by atoms with Crippen LogP contribution >= 0.6 is 11.3 Å². The number of hydrogen-bond acceptors (Lipinski definition) is 10. The molecular formula is C33H36N10O2S. The summed E-state index contributed by atoms with van der Waals surface area (Å²) in [7, 11) is 1.84. The first kappa shape index (κ1) is 30.1. The van der Waals surface area contributed by atoms with Crippen LogP contribution in [-0.2, 0) is 16.6 Å². The van der Waals surface area contributed by atoms with E-state index in [0.29, 0.717) is 62.2 Å². The van der Waals surface area contributed by atoms with E-state index in [4.69, 9.17) is 10.4 Å². The van der Waals surface area contributed by atoms with Gasteiger partial charge in [-0.1, -0.05) is 12.1 Å². The van der Waals surface area contributed by atoms with Gasteiger partial charge in [0.05, 0.1) is 28.2 Å². The van der Waals surface area contributed by atoms with Gasteiger partial charge < -0.3 is 4.90 Å². The fourth-order valence-corrected chi connectivity index (χ4v) is 7.47. The highest BCUT2D eigenvalue weighted by atomic mass is 32.1. The van der Waals surface area contributed by atoms with Crippen molar-refractivity contribution in [3.63, 3.8) is 0 Å². The summed E-state index contributed by atoms with van der Waals surface area (Å²) < 4.78 is 1.68. The van der Waals surface area contributed by atoms with Crippen molar-refractivity contribution in [3.05, 3.63) is 76.6 Å². The molecule has 7 rings (SSSR count). The van der Waals surface area contributed by atoms with Crippen molar-refractivity contribution in [1.82, 2.24) is 39.5 Å². The molecule has 2 fully saturated rings. The van der Waals surface area contributed by atoms with E-state index < -0.39 is 5.41 Å². The SMILES string of the molecule is Cc1ccc(C(=N)c2nc(N3CC[C@]4(CCN(CC(=O)N5CC=C(c6ncc(-c7ncn(C)n7)s6)CC5)C4)C3=O)ccc2C)cn1. The Balaban J connectivity index is 0.966. The molecule has 4 aromatic rings. The largest absolute Gasteiger partial charge is 0.338 e. The van der Waals surface area contributed by atoms with Crippen molar-refractivity contribution in [2.75, 3.05) is 44.2 Å². The molecule has 2 amide bonds. The zero-order chi connectivity index (χ0) is 32.0. The van der Waals surface area contributed by atoms with Crippen LogP contribution in [0.15, 0.2) is 49.1 Å². The first-order valence-corrected chi connectivity index (χ1v) is 16.3. The van der Waals surface area contributed by atoms with E-state index in [1.54, 1.807) is 33.4 Å². The number of carbonyl (C=O) groups is 2. The maximum absolute atomic E-state index is 13.9. The number of pyridine rings is 2. The van der Waals surface area contributed by atoms with Gasteiger partial charge in [0, 0.05) is 56.9 Å². The molecule has 3 aliphatic heterocycles. The smallest absolute Gasteiger partial charge is 0.237 e. The Morgan fingerprint density at radius 2 is 1.89 bits per heavy atom. The number of aromatic nitrogens is 6. The molecule has 12 nitrogen and oxygen atoms in total. The Labute approximate surface area is 271 Å². The number of nitrogens with zero attached hydrogens (tertiary/aromatic N) is 9.